The van der Waals surface area contributed by atoms with Gasteiger partial charge < -0.3 is 4.90 Å². The molecule has 0 atom stereocenters. The molecule has 0 unspecified atom stereocenters. The number of rotatable bonds is 4. The summed E-state index contributed by atoms with van der Waals surface area (Å²) in [5.41, 5.74) is 0. The molecule has 4 heteroatoms. The Balaban J connectivity index is 2.28. The molecule has 0 saturated carbocycles. The molecule has 1 aliphatic rings. The van der Waals surface area contributed by atoms with Gasteiger partial charge in [0.25, 0.3) is 0 Å². The fourth-order valence-electron chi connectivity index (χ4n) is 1.81. The van der Waals surface area contributed by atoms with Crippen LogP contribution >= 0.6 is 0 Å². The van der Waals surface area contributed by atoms with E-state index in [1.165, 1.54) is 12.2 Å². The Labute approximate surface area is 103 Å². The molecule has 1 fully saturated rings. The largest absolute Gasteiger partial charge is 0.340 e. The average Bonchev–Trinajstić information content (AvgIpc) is 2.38. The normalized spacial score (nSPS) is 19.0. The molecule has 3 nitrogen and oxygen atoms in total. The fourth-order valence-corrected chi connectivity index (χ4v) is 1.81. The van der Waals surface area contributed by atoms with Crippen LogP contribution in [-0.2, 0) is 4.79 Å². The van der Waals surface area contributed by atoms with Crippen molar-refractivity contribution in [2.75, 3.05) is 32.7 Å². The molecule has 0 aromatic heterocycles. The molecular formula is C13H21FN2O. The molecular weight excluding hydrogens is 219 g/mol. The smallest absolute Gasteiger partial charge is 0.222 e. The number of allylic oxidation sites excluding steroid dienone is 3. The predicted molar refractivity (Wildman–Crippen MR) is 67.3 cm³/mol. The van der Waals surface area contributed by atoms with Crippen molar-refractivity contribution in [1.82, 2.24) is 9.80 Å². The minimum Gasteiger partial charge on any atom is -0.340 e. The van der Waals surface area contributed by atoms with Crippen molar-refractivity contribution >= 4 is 5.91 Å². The lowest BCUT2D eigenvalue weighted by molar-refractivity contribution is -0.132. The number of carbonyl (C=O) groups is 1. The van der Waals surface area contributed by atoms with E-state index in [-0.39, 0.29) is 11.7 Å². The van der Waals surface area contributed by atoms with Crippen LogP contribution in [0.2, 0.25) is 0 Å². The van der Waals surface area contributed by atoms with E-state index in [1.54, 1.807) is 6.92 Å². The van der Waals surface area contributed by atoms with Crippen molar-refractivity contribution in [2.45, 2.75) is 20.3 Å². The Bertz CT molecular complexity index is 305. The lowest BCUT2D eigenvalue weighted by atomic mass is 10.3. The van der Waals surface area contributed by atoms with Crippen LogP contribution < -0.4 is 0 Å². The first-order valence-corrected chi connectivity index (χ1v) is 6.15. The number of amides is 1. The molecule has 0 aromatic rings. The van der Waals surface area contributed by atoms with Gasteiger partial charge in [-0.05, 0) is 13.0 Å². The van der Waals surface area contributed by atoms with E-state index in [9.17, 15) is 9.18 Å². The van der Waals surface area contributed by atoms with E-state index in [2.05, 4.69) is 4.90 Å². The second kappa shape index (κ2) is 7.22. The van der Waals surface area contributed by atoms with Crippen molar-refractivity contribution in [3.05, 3.63) is 24.1 Å². The van der Waals surface area contributed by atoms with Gasteiger partial charge in [-0.3, -0.25) is 9.69 Å². The lowest BCUT2D eigenvalue weighted by Gasteiger charge is -2.34. The minimum atomic E-state index is -0.204. The number of piperazine rings is 1. The summed E-state index contributed by atoms with van der Waals surface area (Å²) in [5, 5.41) is 0. The topological polar surface area (TPSA) is 23.6 Å². The Morgan fingerprint density at radius 2 is 1.94 bits per heavy atom. The van der Waals surface area contributed by atoms with Crippen LogP contribution in [-0.4, -0.2) is 48.4 Å². The molecule has 17 heavy (non-hydrogen) atoms. The van der Waals surface area contributed by atoms with Gasteiger partial charge in [-0.1, -0.05) is 19.1 Å². The lowest BCUT2D eigenvalue weighted by Crippen LogP contribution is -2.48. The Hall–Kier alpha value is -1.16. The van der Waals surface area contributed by atoms with E-state index in [0.29, 0.717) is 6.42 Å². The van der Waals surface area contributed by atoms with Crippen molar-refractivity contribution < 1.29 is 9.18 Å². The maximum Gasteiger partial charge on any atom is 0.222 e. The number of carbonyl (C=O) groups excluding carboxylic acids is 1. The summed E-state index contributed by atoms with van der Waals surface area (Å²) in [5.74, 6) is 0.0185. The molecule has 1 rings (SSSR count). The van der Waals surface area contributed by atoms with Crippen molar-refractivity contribution in [2.24, 2.45) is 0 Å². The zero-order chi connectivity index (χ0) is 12.7. The first-order valence-electron chi connectivity index (χ1n) is 6.15. The highest BCUT2D eigenvalue weighted by atomic mass is 19.1. The molecule has 0 radical (unpaired) electrons. The van der Waals surface area contributed by atoms with Crippen molar-refractivity contribution in [1.29, 1.82) is 0 Å². The van der Waals surface area contributed by atoms with E-state index in [1.807, 2.05) is 17.9 Å². The van der Waals surface area contributed by atoms with Crippen molar-refractivity contribution in [3.63, 3.8) is 0 Å². The molecule has 0 N–H and O–H groups in total. The van der Waals surface area contributed by atoms with Crippen LogP contribution in [0, 0.1) is 0 Å². The van der Waals surface area contributed by atoms with Crippen LogP contribution in [0.5, 0.6) is 0 Å². The van der Waals surface area contributed by atoms with Crippen molar-refractivity contribution in [3.8, 4) is 0 Å². The zero-order valence-electron chi connectivity index (χ0n) is 10.7. The summed E-state index contributed by atoms with van der Waals surface area (Å²) in [6.45, 7) is 7.61. The van der Waals surface area contributed by atoms with E-state index < -0.39 is 0 Å². The summed E-state index contributed by atoms with van der Waals surface area (Å²) in [4.78, 5) is 15.6. The van der Waals surface area contributed by atoms with Crippen LogP contribution in [0.25, 0.3) is 0 Å². The molecule has 0 aliphatic carbocycles. The van der Waals surface area contributed by atoms with E-state index >= 15 is 0 Å². The molecule has 96 valence electrons. The summed E-state index contributed by atoms with van der Waals surface area (Å²) >= 11 is 0. The first-order chi connectivity index (χ1) is 8.17. The van der Waals surface area contributed by atoms with Gasteiger partial charge in [0.1, 0.15) is 5.83 Å². The van der Waals surface area contributed by atoms with Crippen LogP contribution in [0.15, 0.2) is 24.1 Å². The Morgan fingerprint density at radius 1 is 1.29 bits per heavy atom. The Kier molecular flexibility index (Phi) is 5.91. The molecule has 1 saturated heterocycles. The number of hydrogen-bond acceptors (Lipinski definition) is 2. The maximum absolute atomic E-state index is 12.8. The zero-order valence-corrected chi connectivity index (χ0v) is 10.7. The van der Waals surface area contributed by atoms with Crippen LogP contribution in [0.1, 0.15) is 20.3 Å². The highest BCUT2D eigenvalue weighted by Gasteiger charge is 2.18. The monoisotopic (exact) mass is 240 g/mol. The third-order valence-corrected chi connectivity index (χ3v) is 2.94. The summed E-state index contributed by atoms with van der Waals surface area (Å²) in [6.07, 6.45) is 5.33. The molecule has 0 bridgehead atoms. The molecule has 0 spiro atoms. The van der Waals surface area contributed by atoms with Gasteiger partial charge in [-0.2, -0.15) is 0 Å². The van der Waals surface area contributed by atoms with Crippen LogP contribution in [0.3, 0.4) is 0 Å². The van der Waals surface area contributed by atoms with Gasteiger partial charge >= 0.3 is 0 Å². The molecule has 1 aliphatic heterocycles. The maximum atomic E-state index is 12.8. The number of nitrogens with zero attached hydrogens (tertiary/aromatic N) is 2. The number of hydrogen-bond donors (Lipinski definition) is 0. The second-order valence-corrected chi connectivity index (χ2v) is 4.11. The van der Waals surface area contributed by atoms with Crippen LogP contribution in [0.4, 0.5) is 4.39 Å². The predicted octanol–water partition coefficient (Wildman–Crippen LogP) is 1.97. The second-order valence-electron chi connectivity index (χ2n) is 4.11. The summed E-state index contributed by atoms with van der Waals surface area (Å²) in [6, 6.07) is 0. The van der Waals surface area contributed by atoms with Gasteiger partial charge in [0.2, 0.25) is 5.91 Å². The van der Waals surface area contributed by atoms with E-state index in [0.717, 1.165) is 32.7 Å². The third-order valence-electron chi connectivity index (χ3n) is 2.94. The highest BCUT2D eigenvalue weighted by Crippen LogP contribution is 2.04. The Morgan fingerprint density at radius 3 is 2.47 bits per heavy atom. The van der Waals surface area contributed by atoms with Gasteiger partial charge in [0.15, 0.2) is 0 Å². The van der Waals surface area contributed by atoms with E-state index in [4.69, 9.17) is 0 Å². The number of halogens is 1. The molecule has 0 aromatic carbocycles. The van der Waals surface area contributed by atoms with Gasteiger partial charge in [-0.25, -0.2) is 4.39 Å². The first kappa shape index (κ1) is 13.9. The third kappa shape index (κ3) is 4.69. The van der Waals surface area contributed by atoms with Gasteiger partial charge in [-0.15, -0.1) is 0 Å². The summed E-state index contributed by atoms with van der Waals surface area (Å²) < 4.78 is 12.8. The quantitative estimate of drug-likeness (QED) is 0.701. The van der Waals surface area contributed by atoms with Gasteiger partial charge in [0.05, 0.1) is 0 Å². The average molecular weight is 240 g/mol. The fraction of sp³-hybridized carbons (Fsp3) is 0.615. The standard InChI is InChI=1S/C13H21FN2O/c1-3-12(14)6-5-7-15-8-10-16(11-9-15)13(17)4-2/h3,5-6H,4,7-11H2,1-2H3/b6-5-,12-3+. The summed E-state index contributed by atoms with van der Waals surface area (Å²) in [7, 11) is 0. The molecule has 1 heterocycles. The SMILES string of the molecule is C/C=C(F)\C=C/CN1CCN(C(=O)CC)CC1. The molecule has 1 amide bonds. The van der Waals surface area contributed by atoms with Gasteiger partial charge in [0, 0.05) is 39.1 Å². The highest BCUT2D eigenvalue weighted by molar-refractivity contribution is 5.75. The minimum absolute atomic E-state index is 0.204.